The summed E-state index contributed by atoms with van der Waals surface area (Å²) < 4.78 is 33.5. The van der Waals surface area contributed by atoms with E-state index in [1.165, 1.54) is 19.2 Å². The number of H-pyrrole nitrogens is 2. The van der Waals surface area contributed by atoms with Crippen LogP contribution in [0.3, 0.4) is 0 Å². The molecule has 0 aliphatic carbocycles. The molecule has 0 unspecified atom stereocenters. The average molecular weight is 506 g/mol. The first-order valence-corrected chi connectivity index (χ1v) is 12.6. The number of hydrogen-bond donors (Lipinski definition) is 3. The van der Waals surface area contributed by atoms with Gasteiger partial charge >= 0.3 is 5.97 Å². The lowest BCUT2D eigenvalue weighted by Gasteiger charge is -2.50. The highest BCUT2D eigenvalue weighted by molar-refractivity contribution is 5.87. The van der Waals surface area contributed by atoms with E-state index in [-0.39, 0.29) is 24.1 Å². The minimum atomic E-state index is -0.888. The number of benzene rings is 2. The molecule has 3 N–H and O–H groups in total. The molecule has 1 fully saturated rings. The van der Waals surface area contributed by atoms with E-state index < -0.39 is 17.7 Å². The van der Waals surface area contributed by atoms with Gasteiger partial charge < -0.3 is 20.0 Å². The quantitative estimate of drug-likeness (QED) is 0.340. The molecule has 37 heavy (non-hydrogen) atoms. The summed E-state index contributed by atoms with van der Waals surface area (Å²) in [7, 11) is 1.40. The van der Waals surface area contributed by atoms with Gasteiger partial charge in [-0.2, -0.15) is 0 Å². The number of rotatable bonds is 6. The largest absolute Gasteiger partial charge is 0.468 e. The van der Waals surface area contributed by atoms with Gasteiger partial charge in [0.05, 0.1) is 19.5 Å². The number of imidazole rings is 1. The van der Waals surface area contributed by atoms with Gasteiger partial charge in [0, 0.05) is 60.0 Å². The minimum Gasteiger partial charge on any atom is -0.468 e. The second-order valence-electron chi connectivity index (χ2n) is 9.91. The first kappa shape index (κ1) is 23.8. The van der Waals surface area contributed by atoms with Gasteiger partial charge in [0.2, 0.25) is 0 Å². The second kappa shape index (κ2) is 9.72. The molecular formula is C28H29F2N5O2. The van der Waals surface area contributed by atoms with Crippen LogP contribution in [0.4, 0.5) is 8.78 Å². The third kappa shape index (κ3) is 4.32. The number of aromatic nitrogens is 3. The average Bonchev–Trinajstić information content (AvgIpc) is 3.57. The fraction of sp³-hybridized carbons (Fsp3) is 0.357. The minimum absolute atomic E-state index is 0.0953. The lowest BCUT2D eigenvalue weighted by atomic mass is 9.79. The zero-order chi connectivity index (χ0) is 25.5. The van der Waals surface area contributed by atoms with Crippen LogP contribution in [0.15, 0.2) is 55.0 Å². The van der Waals surface area contributed by atoms with Crippen LogP contribution >= 0.6 is 0 Å². The number of aromatic amines is 2. The van der Waals surface area contributed by atoms with Crippen molar-refractivity contribution in [1.29, 1.82) is 0 Å². The van der Waals surface area contributed by atoms with Gasteiger partial charge in [-0.1, -0.05) is 24.3 Å². The molecule has 2 aliphatic heterocycles. The number of carbonyl (C=O) groups excluding carboxylic acids is 1. The van der Waals surface area contributed by atoms with Gasteiger partial charge in [0.1, 0.15) is 6.04 Å². The number of halogens is 2. The number of nitrogens with zero attached hydrogens (tertiary/aromatic N) is 2. The van der Waals surface area contributed by atoms with E-state index >= 15 is 0 Å². The summed E-state index contributed by atoms with van der Waals surface area (Å²) in [5.74, 6) is -2.09. The maximum atomic E-state index is 14.4. The monoisotopic (exact) mass is 505 g/mol. The standard InChI is InChI=1S/C28H29F2N5O2/c1-37-28(36)26-13-20-19-4-2-3-5-23(19)34-27(20)25-12-18(32-9-8-17-14-31-15-33-17)11-24(35(25)26)16-6-7-21(29)22(30)10-16/h2-7,10,14-15,18,24-26,32,34H,8-9,11-13H2,1H3,(H,31,33)/t18-,24+,25-,26+/m1/s1. The SMILES string of the molecule is COC(=O)[C@@H]1Cc2c([nH]c3ccccc23)[C@H]2C[C@H](NCCc3cnc[nH]3)C[C@@H](c3ccc(F)c(F)c3)N21. The predicted octanol–water partition coefficient (Wildman–Crippen LogP) is 4.35. The van der Waals surface area contributed by atoms with Crippen molar-refractivity contribution in [2.24, 2.45) is 0 Å². The molecule has 4 atom stereocenters. The van der Waals surface area contributed by atoms with Crippen LogP contribution in [-0.4, -0.2) is 51.6 Å². The first-order chi connectivity index (χ1) is 18.0. The maximum absolute atomic E-state index is 14.4. The third-order valence-corrected chi connectivity index (χ3v) is 7.86. The summed E-state index contributed by atoms with van der Waals surface area (Å²) in [6.45, 7) is 0.740. The fourth-order valence-corrected chi connectivity index (χ4v) is 6.19. The van der Waals surface area contributed by atoms with Gasteiger partial charge in [0.25, 0.3) is 0 Å². The molecule has 1 saturated heterocycles. The molecule has 0 spiro atoms. The van der Waals surface area contributed by atoms with Crippen molar-refractivity contribution in [2.45, 2.75) is 49.9 Å². The van der Waals surface area contributed by atoms with E-state index in [9.17, 15) is 13.6 Å². The Morgan fingerprint density at radius 2 is 2.00 bits per heavy atom. The molecule has 0 amide bonds. The number of esters is 1. The Bertz CT molecular complexity index is 1420. The first-order valence-electron chi connectivity index (χ1n) is 12.6. The molecule has 9 heteroatoms. The Morgan fingerprint density at radius 3 is 2.78 bits per heavy atom. The predicted molar refractivity (Wildman–Crippen MR) is 135 cm³/mol. The van der Waals surface area contributed by atoms with Crippen LogP contribution < -0.4 is 5.32 Å². The van der Waals surface area contributed by atoms with Crippen LogP contribution in [0.2, 0.25) is 0 Å². The summed E-state index contributed by atoms with van der Waals surface area (Å²) in [4.78, 5) is 26.1. The smallest absolute Gasteiger partial charge is 0.323 e. The molecule has 4 heterocycles. The normalized spacial score (nSPS) is 23.5. The lowest BCUT2D eigenvalue weighted by Crippen LogP contribution is -2.55. The third-order valence-electron chi connectivity index (χ3n) is 7.86. The molecule has 6 rings (SSSR count). The van der Waals surface area contributed by atoms with Crippen LogP contribution in [0, 0.1) is 11.6 Å². The van der Waals surface area contributed by atoms with Crippen LogP contribution in [0.5, 0.6) is 0 Å². The highest BCUT2D eigenvalue weighted by atomic mass is 19.2. The van der Waals surface area contributed by atoms with E-state index in [1.807, 2.05) is 24.4 Å². The number of fused-ring (bicyclic) bond motifs is 5. The van der Waals surface area contributed by atoms with Crippen molar-refractivity contribution in [3.63, 3.8) is 0 Å². The highest BCUT2D eigenvalue weighted by Gasteiger charge is 2.48. The zero-order valence-corrected chi connectivity index (χ0v) is 20.5. The maximum Gasteiger partial charge on any atom is 0.323 e. The molecule has 2 aromatic carbocycles. The number of carbonyl (C=O) groups is 1. The van der Waals surface area contributed by atoms with Crippen molar-refractivity contribution in [3.8, 4) is 0 Å². The van der Waals surface area contributed by atoms with Crippen LogP contribution in [-0.2, 0) is 22.4 Å². The van der Waals surface area contributed by atoms with Gasteiger partial charge in [-0.3, -0.25) is 9.69 Å². The summed E-state index contributed by atoms with van der Waals surface area (Å²) in [5, 5.41) is 4.77. The summed E-state index contributed by atoms with van der Waals surface area (Å²) >= 11 is 0. The van der Waals surface area contributed by atoms with Gasteiger partial charge in [-0.05, 0) is 42.2 Å². The molecule has 192 valence electrons. The molecule has 0 radical (unpaired) electrons. The van der Waals surface area contributed by atoms with Crippen molar-refractivity contribution in [1.82, 2.24) is 25.2 Å². The summed E-state index contributed by atoms with van der Waals surface area (Å²) in [5.41, 5.74) is 4.92. The van der Waals surface area contributed by atoms with E-state index in [1.54, 1.807) is 12.4 Å². The lowest BCUT2D eigenvalue weighted by molar-refractivity contribution is -0.152. The number of methoxy groups -OCH3 is 1. The van der Waals surface area contributed by atoms with Gasteiger partial charge in [-0.15, -0.1) is 0 Å². The highest BCUT2D eigenvalue weighted by Crippen LogP contribution is 2.49. The number of para-hydroxylation sites is 1. The topological polar surface area (TPSA) is 86.0 Å². The fourth-order valence-electron chi connectivity index (χ4n) is 6.19. The molecule has 4 aromatic rings. The summed E-state index contributed by atoms with van der Waals surface area (Å²) in [6, 6.07) is 11.3. The molecule has 2 aromatic heterocycles. The Balaban J connectivity index is 1.41. The van der Waals surface area contributed by atoms with Gasteiger partial charge in [-0.25, -0.2) is 13.8 Å². The molecule has 7 nitrogen and oxygen atoms in total. The zero-order valence-electron chi connectivity index (χ0n) is 20.5. The Hall–Kier alpha value is -3.56. The van der Waals surface area contributed by atoms with Crippen molar-refractivity contribution < 1.29 is 18.3 Å². The van der Waals surface area contributed by atoms with Crippen LogP contribution in [0.1, 0.15) is 47.4 Å². The number of hydrogen-bond acceptors (Lipinski definition) is 5. The van der Waals surface area contributed by atoms with Crippen molar-refractivity contribution in [2.75, 3.05) is 13.7 Å². The Kier molecular flexibility index (Phi) is 6.26. The van der Waals surface area contributed by atoms with E-state index in [0.717, 1.165) is 47.2 Å². The second-order valence-corrected chi connectivity index (χ2v) is 9.91. The number of piperidine rings is 1. The van der Waals surface area contributed by atoms with Gasteiger partial charge in [0.15, 0.2) is 11.6 Å². The van der Waals surface area contributed by atoms with E-state index in [4.69, 9.17) is 4.74 Å². The van der Waals surface area contributed by atoms with Crippen LogP contribution in [0.25, 0.3) is 10.9 Å². The van der Waals surface area contributed by atoms with Crippen molar-refractivity contribution in [3.05, 3.63) is 89.1 Å². The number of nitrogens with one attached hydrogen (secondary N) is 3. The molecular weight excluding hydrogens is 476 g/mol. The Morgan fingerprint density at radius 1 is 1.16 bits per heavy atom. The molecule has 0 bridgehead atoms. The Labute approximate surface area is 213 Å². The summed E-state index contributed by atoms with van der Waals surface area (Å²) in [6.07, 6.45) is 6.17. The number of ether oxygens (including phenoxy) is 1. The molecule has 2 aliphatic rings. The van der Waals surface area contributed by atoms with Crippen molar-refractivity contribution >= 4 is 16.9 Å². The van der Waals surface area contributed by atoms with E-state index in [2.05, 4.69) is 31.2 Å². The molecule has 0 saturated carbocycles. The van der Waals surface area contributed by atoms with E-state index in [0.29, 0.717) is 18.4 Å².